The Kier molecular flexibility index (Phi) is 5.30. The third kappa shape index (κ3) is 4.16. The van der Waals surface area contributed by atoms with E-state index >= 15 is 0 Å². The first kappa shape index (κ1) is 17.0. The van der Waals surface area contributed by atoms with Gasteiger partial charge in [-0.15, -0.1) is 0 Å². The lowest BCUT2D eigenvalue weighted by atomic mass is 10.2. The van der Waals surface area contributed by atoms with Crippen molar-refractivity contribution in [2.24, 2.45) is 0 Å². The van der Waals surface area contributed by atoms with Crippen molar-refractivity contribution >= 4 is 34.6 Å². The van der Waals surface area contributed by atoms with E-state index in [2.05, 4.69) is 20.6 Å². The molecular weight excluding hydrogens is 340 g/mol. The predicted molar refractivity (Wildman–Crippen MR) is 95.2 cm³/mol. The lowest BCUT2D eigenvalue weighted by molar-refractivity contribution is -0.117. The molecule has 3 rings (SSSR count). The van der Waals surface area contributed by atoms with Gasteiger partial charge in [0.25, 0.3) is 0 Å². The molecule has 2 aromatic heterocycles. The van der Waals surface area contributed by atoms with Crippen molar-refractivity contribution in [3.63, 3.8) is 0 Å². The first-order valence-corrected chi connectivity index (χ1v) is 8.67. The lowest BCUT2D eigenvalue weighted by Gasteiger charge is -2.08. The number of imide groups is 1. The van der Waals surface area contributed by atoms with Crippen LogP contribution in [0.2, 0.25) is 0 Å². The van der Waals surface area contributed by atoms with Crippen LogP contribution in [0.4, 0.5) is 4.79 Å². The second kappa shape index (κ2) is 7.80. The third-order valence-corrected chi connectivity index (χ3v) is 4.23. The number of thioether (sulfide) groups is 1. The fourth-order valence-corrected chi connectivity index (χ4v) is 2.99. The molecule has 0 spiro atoms. The van der Waals surface area contributed by atoms with Crippen molar-refractivity contribution in [2.75, 3.05) is 12.3 Å². The topological polar surface area (TPSA) is 97.1 Å². The van der Waals surface area contributed by atoms with E-state index in [0.29, 0.717) is 23.2 Å². The van der Waals surface area contributed by atoms with Crippen molar-refractivity contribution in [3.05, 3.63) is 42.7 Å². The summed E-state index contributed by atoms with van der Waals surface area (Å²) in [6.07, 6.45) is 1.56. The van der Waals surface area contributed by atoms with Crippen LogP contribution in [0.15, 0.2) is 52.1 Å². The highest BCUT2D eigenvalue weighted by Gasteiger charge is 2.14. The maximum Gasteiger partial charge on any atom is 0.321 e. The van der Waals surface area contributed by atoms with Crippen molar-refractivity contribution in [1.29, 1.82) is 0 Å². The average Bonchev–Trinajstić information content (AvgIpc) is 3.14. The second-order valence-electron chi connectivity index (χ2n) is 5.04. The van der Waals surface area contributed by atoms with Gasteiger partial charge in [-0.05, 0) is 25.1 Å². The monoisotopic (exact) mass is 356 g/mol. The van der Waals surface area contributed by atoms with E-state index in [1.165, 1.54) is 11.8 Å². The number of hydrogen-bond donors (Lipinski definition) is 2. The van der Waals surface area contributed by atoms with E-state index < -0.39 is 11.9 Å². The smallest absolute Gasteiger partial charge is 0.321 e. The molecule has 0 saturated heterocycles. The summed E-state index contributed by atoms with van der Waals surface area (Å²) >= 11 is 1.24. The van der Waals surface area contributed by atoms with Gasteiger partial charge in [0.05, 0.1) is 17.5 Å². The Bertz CT molecular complexity index is 896. The fourth-order valence-electron chi connectivity index (χ4n) is 2.17. The standard InChI is InChI=1S/C17H16N4O3S/c1-2-18-17(23)20-14(22)10-25-16-11-6-3-4-7-12(11)19-15(21-16)13-8-5-9-24-13/h3-9H,2,10H2,1H3,(H2,18,20,22,23). The number of carbonyl (C=O) groups excluding carboxylic acids is 2. The van der Waals surface area contributed by atoms with Crippen LogP contribution >= 0.6 is 11.8 Å². The van der Waals surface area contributed by atoms with Crippen LogP contribution in [-0.4, -0.2) is 34.2 Å². The minimum atomic E-state index is -0.503. The summed E-state index contributed by atoms with van der Waals surface area (Å²) in [5.41, 5.74) is 0.760. The number of rotatable bonds is 5. The molecule has 0 bridgehead atoms. The summed E-state index contributed by atoms with van der Waals surface area (Å²) in [5, 5.41) is 6.28. The first-order chi connectivity index (χ1) is 12.2. The maximum atomic E-state index is 11.9. The summed E-state index contributed by atoms with van der Waals surface area (Å²) in [6, 6.07) is 10.6. The molecule has 0 aliphatic heterocycles. The number of nitrogens with one attached hydrogen (secondary N) is 2. The minimum absolute atomic E-state index is 0.0652. The second-order valence-corrected chi connectivity index (χ2v) is 6.01. The van der Waals surface area contributed by atoms with Crippen LogP contribution in [0, 0.1) is 0 Å². The lowest BCUT2D eigenvalue weighted by Crippen LogP contribution is -2.40. The van der Waals surface area contributed by atoms with E-state index in [-0.39, 0.29) is 5.75 Å². The molecule has 3 amide bonds. The number of aromatic nitrogens is 2. The molecule has 0 unspecified atom stereocenters. The normalized spacial score (nSPS) is 10.6. The number of carbonyl (C=O) groups is 2. The molecule has 2 N–H and O–H groups in total. The highest BCUT2D eigenvalue weighted by atomic mass is 32.2. The first-order valence-electron chi connectivity index (χ1n) is 7.68. The molecule has 3 aromatic rings. The number of urea groups is 1. The van der Waals surface area contributed by atoms with Gasteiger partial charge in [0.2, 0.25) is 5.91 Å². The van der Waals surface area contributed by atoms with E-state index in [1.54, 1.807) is 25.3 Å². The van der Waals surface area contributed by atoms with Crippen molar-refractivity contribution in [2.45, 2.75) is 11.9 Å². The molecule has 128 valence electrons. The number of amides is 3. The van der Waals surface area contributed by atoms with E-state index in [9.17, 15) is 9.59 Å². The molecule has 0 radical (unpaired) electrons. The van der Waals surface area contributed by atoms with E-state index in [1.807, 2.05) is 24.3 Å². The molecule has 25 heavy (non-hydrogen) atoms. The number of hydrogen-bond acceptors (Lipinski definition) is 6. The SMILES string of the molecule is CCNC(=O)NC(=O)CSc1nc(-c2ccco2)nc2ccccc12. The Hall–Kier alpha value is -2.87. The average molecular weight is 356 g/mol. The quantitative estimate of drug-likeness (QED) is 0.539. The minimum Gasteiger partial charge on any atom is -0.461 e. The summed E-state index contributed by atoms with van der Waals surface area (Å²) < 4.78 is 5.36. The largest absolute Gasteiger partial charge is 0.461 e. The molecule has 0 aliphatic carbocycles. The Morgan fingerprint density at radius 3 is 2.76 bits per heavy atom. The zero-order valence-electron chi connectivity index (χ0n) is 13.5. The summed E-state index contributed by atoms with van der Waals surface area (Å²) in [6.45, 7) is 2.23. The summed E-state index contributed by atoms with van der Waals surface area (Å²) in [4.78, 5) is 32.3. The van der Waals surface area contributed by atoms with Gasteiger partial charge in [-0.2, -0.15) is 0 Å². The molecule has 0 fully saturated rings. The van der Waals surface area contributed by atoms with Crippen molar-refractivity contribution in [1.82, 2.24) is 20.6 Å². The van der Waals surface area contributed by atoms with Gasteiger partial charge in [0.1, 0.15) is 5.03 Å². The molecule has 1 aromatic carbocycles. The Morgan fingerprint density at radius 1 is 1.16 bits per heavy atom. The van der Waals surface area contributed by atoms with Crippen LogP contribution < -0.4 is 10.6 Å². The Labute approximate surface area is 148 Å². The predicted octanol–water partition coefficient (Wildman–Crippen LogP) is 2.83. The number of benzene rings is 1. The third-order valence-electron chi connectivity index (χ3n) is 3.24. The molecular formula is C17H16N4O3S. The number of fused-ring (bicyclic) bond motifs is 1. The summed E-state index contributed by atoms with van der Waals surface area (Å²) in [7, 11) is 0. The van der Waals surface area contributed by atoms with Gasteiger partial charge >= 0.3 is 6.03 Å². The van der Waals surface area contributed by atoms with Crippen molar-refractivity contribution in [3.8, 4) is 11.6 Å². The Morgan fingerprint density at radius 2 is 2.00 bits per heavy atom. The highest BCUT2D eigenvalue weighted by molar-refractivity contribution is 8.00. The number of furan rings is 1. The molecule has 0 aliphatic rings. The van der Waals surface area contributed by atoms with Gasteiger partial charge in [-0.1, -0.05) is 30.0 Å². The molecule has 7 nitrogen and oxygen atoms in total. The van der Waals surface area contributed by atoms with Crippen LogP contribution in [0.1, 0.15) is 6.92 Å². The zero-order chi connectivity index (χ0) is 17.6. The molecule has 0 atom stereocenters. The summed E-state index contributed by atoms with van der Waals surface area (Å²) in [5.74, 6) is 0.684. The zero-order valence-corrected chi connectivity index (χ0v) is 14.3. The van der Waals surface area contributed by atoms with Crippen molar-refractivity contribution < 1.29 is 14.0 Å². The number of nitrogens with zero attached hydrogens (tertiary/aromatic N) is 2. The van der Waals surface area contributed by atoms with Gasteiger partial charge < -0.3 is 9.73 Å². The Balaban J connectivity index is 1.82. The highest BCUT2D eigenvalue weighted by Crippen LogP contribution is 2.28. The maximum absolute atomic E-state index is 11.9. The fraction of sp³-hybridized carbons (Fsp3) is 0.176. The molecule has 0 saturated carbocycles. The number of para-hydroxylation sites is 1. The van der Waals surface area contributed by atoms with Crippen LogP contribution in [-0.2, 0) is 4.79 Å². The van der Waals surface area contributed by atoms with Crippen LogP contribution in [0.25, 0.3) is 22.5 Å². The van der Waals surface area contributed by atoms with Crippen LogP contribution in [0.5, 0.6) is 0 Å². The van der Waals surface area contributed by atoms with Gasteiger partial charge in [-0.3, -0.25) is 10.1 Å². The van der Waals surface area contributed by atoms with Gasteiger partial charge in [0.15, 0.2) is 11.6 Å². The molecule has 8 heteroatoms. The van der Waals surface area contributed by atoms with E-state index in [0.717, 1.165) is 10.9 Å². The molecule has 2 heterocycles. The van der Waals surface area contributed by atoms with Gasteiger partial charge in [-0.25, -0.2) is 14.8 Å². The van der Waals surface area contributed by atoms with Gasteiger partial charge in [0, 0.05) is 11.9 Å². The van der Waals surface area contributed by atoms with E-state index in [4.69, 9.17) is 4.42 Å². The van der Waals surface area contributed by atoms with Crippen LogP contribution in [0.3, 0.4) is 0 Å².